The van der Waals surface area contributed by atoms with Gasteiger partial charge in [0.1, 0.15) is 5.75 Å². The monoisotopic (exact) mass is 284 g/mol. The first kappa shape index (κ1) is 13.7. The van der Waals surface area contributed by atoms with Crippen LogP contribution in [0.4, 0.5) is 11.4 Å². The van der Waals surface area contributed by atoms with E-state index in [9.17, 15) is 10.4 Å². The lowest BCUT2D eigenvalue weighted by Gasteiger charge is -2.50. The molecule has 0 fully saturated rings. The standard InChI is InChI=1S/C16H16N2O3/c1-16(11-12-7-9-13(21-2)10-8-12)17(19)14-5-3-4-6-15(14)18(16)20/h3-10H,11H2,1-2H3/q-2. The van der Waals surface area contributed by atoms with Crippen LogP contribution in [0.15, 0.2) is 48.5 Å². The number of nitrogens with zero attached hydrogens (tertiary/aromatic N) is 2. The molecule has 0 amide bonds. The van der Waals surface area contributed by atoms with Gasteiger partial charge >= 0.3 is 0 Å². The zero-order valence-corrected chi connectivity index (χ0v) is 11.9. The number of methoxy groups -OCH3 is 1. The number of fused-ring (bicyclic) bond motifs is 1. The lowest BCUT2D eigenvalue weighted by molar-refractivity contribution is 0.414. The average molecular weight is 284 g/mol. The molecule has 5 heteroatoms. The molecule has 1 aliphatic rings. The van der Waals surface area contributed by atoms with Crippen molar-refractivity contribution >= 4 is 11.4 Å². The van der Waals surface area contributed by atoms with E-state index in [4.69, 9.17) is 4.74 Å². The van der Waals surface area contributed by atoms with Gasteiger partial charge in [-0.1, -0.05) is 24.3 Å². The van der Waals surface area contributed by atoms with Crippen molar-refractivity contribution < 1.29 is 4.74 Å². The van der Waals surface area contributed by atoms with Gasteiger partial charge in [-0.2, -0.15) is 0 Å². The lowest BCUT2D eigenvalue weighted by Crippen LogP contribution is -2.52. The fraction of sp³-hybridized carbons (Fsp3) is 0.250. The Labute approximate surface area is 123 Å². The van der Waals surface area contributed by atoms with Gasteiger partial charge in [0.15, 0.2) is 0 Å². The Morgan fingerprint density at radius 3 is 1.95 bits per heavy atom. The van der Waals surface area contributed by atoms with Crippen molar-refractivity contribution in [3.05, 3.63) is 64.5 Å². The summed E-state index contributed by atoms with van der Waals surface area (Å²) in [4.78, 5) is 0. The molecule has 0 aliphatic carbocycles. The third-order valence-corrected chi connectivity index (χ3v) is 3.89. The number of hydrogen-bond donors (Lipinski definition) is 0. The van der Waals surface area contributed by atoms with E-state index >= 15 is 0 Å². The predicted octanol–water partition coefficient (Wildman–Crippen LogP) is 3.28. The van der Waals surface area contributed by atoms with Crippen molar-refractivity contribution in [2.45, 2.75) is 19.0 Å². The van der Waals surface area contributed by atoms with Crippen LogP contribution >= 0.6 is 0 Å². The maximum absolute atomic E-state index is 12.5. The average Bonchev–Trinajstić information content (AvgIpc) is 2.71. The normalized spacial score (nSPS) is 16.0. The molecule has 3 rings (SSSR count). The highest BCUT2D eigenvalue weighted by Crippen LogP contribution is 2.45. The Morgan fingerprint density at radius 2 is 1.48 bits per heavy atom. The van der Waals surface area contributed by atoms with E-state index in [1.807, 2.05) is 24.3 Å². The number of hydroxylamine groups is 2. The summed E-state index contributed by atoms with van der Waals surface area (Å²) in [6, 6.07) is 14.3. The van der Waals surface area contributed by atoms with Gasteiger partial charge in [-0.25, -0.2) is 0 Å². The highest BCUT2D eigenvalue weighted by molar-refractivity contribution is 5.80. The SMILES string of the molecule is COc1ccc(CC2(C)N([O-])c3ccccc3N2[O-])cc1. The number of hydrogen-bond acceptors (Lipinski definition) is 5. The Bertz CT molecular complexity index is 613. The topological polar surface area (TPSA) is 61.8 Å². The van der Waals surface area contributed by atoms with Gasteiger partial charge in [-0.3, -0.25) is 0 Å². The summed E-state index contributed by atoms with van der Waals surface area (Å²) < 4.78 is 5.11. The van der Waals surface area contributed by atoms with Crippen LogP contribution in [0.3, 0.4) is 0 Å². The van der Waals surface area contributed by atoms with Crippen LogP contribution in [0, 0.1) is 10.4 Å². The Balaban J connectivity index is 1.91. The zero-order valence-electron chi connectivity index (χ0n) is 11.9. The fourth-order valence-corrected chi connectivity index (χ4v) is 2.68. The molecule has 0 atom stereocenters. The maximum Gasteiger partial charge on any atom is 0.118 e. The molecule has 0 spiro atoms. The van der Waals surface area contributed by atoms with Crippen molar-refractivity contribution in [1.82, 2.24) is 0 Å². The number of rotatable bonds is 3. The second-order valence-electron chi connectivity index (χ2n) is 5.32. The lowest BCUT2D eigenvalue weighted by atomic mass is 10.0. The minimum Gasteiger partial charge on any atom is -0.757 e. The van der Waals surface area contributed by atoms with E-state index in [0.29, 0.717) is 17.8 Å². The summed E-state index contributed by atoms with van der Waals surface area (Å²) in [6.45, 7) is 1.66. The van der Waals surface area contributed by atoms with E-state index in [2.05, 4.69) is 0 Å². The van der Waals surface area contributed by atoms with Crippen LogP contribution in [0.1, 0.15) is 12.5 Å². The first-order valence-corrected chi connectivity index (χ1v) is 6.73. The summed E-state index contributed by atoms with van der Waals surface area (Å²) in [5.74, 6) is 0.747. The van der Waals surface area contributed by atoms with Crippen LogP contribution in [-0.2, 0) is 6.42 Å². The highest BCUT2D eigenvalue weighted by atomic mass is 16.6. The number of ether oxygens (including phenoxy) is 1. The van der Waals surface area contributed by atoms with Gasteiger partial charge in [-0.15, -0.1) is 0 Å². The van der Waals surface area contributed by atoms with Gasteiger partial charge < -0.3 is 25.3 Å². The van der Waals surface area contributed by atoms with E-state index < -0.39 is 5.66 Å². The molecule has 2 aromatic rings. The van der Waals surface area contributed by atoms with Gasteiger partial charge in [0.25, 0.3) is 0 Å². The summed E-state index contributed by atoms with van der Waals surface area (Å²) in [5.41, 5.74) is 0.581. The first-order valence-electron chi connectivity index (χ1n) is 6.73. The Morgan fingerprint density at radius 1 is 0.952 bits per heavy atom. The van der Waals surface area contributed by atoms with Crippen molar-refractivity contribution in [2.24, 2.45) is 0 Å². The van der Waals surface area contributed by atoms with E-state index in [1.165, 1.54) is 0 Å². The molecule has 5 nitrogen and oxygen atoms in total. The highest BCUT2D eigenvalue weighted by Gasteiger charge is 2.36. The molecule has 1 aliphatic heterocycles. The second kappa shape index (κ2) is 4.95. The predicted molar refractivity (Wildman–Crippen MR) is 83.2 cm³/mol. The molecule has 0 unspecified atom stereocenters. The third kappa shape index (κ3) is 2.11. The van der Waals surface area contributed by atoms with Crippen LogP contribution in [-0.4, -0.2) is 12.8 Å². The van der Waals surface area contributed by atoms with Gasteiger partial charge in [-0.05, 0) is 36.8 Å². The van der Waals surface area contributed by atoms with Crippen molar-refractivity contribution in [1.29, 1.82) is 0 Å². The van der Waals surface area contributed by atoms with E-state index in [0.717, 1.165) is 21.4 Å². The molecule has 0 radical (unpaired) electrons. The molecule has 0 bridgehead atoms. The molecule has 110 valence electrons. The number of anilines is 2. The van der Waals surface area contributed by atoms with Crippen molar-refractivity contribution in [3.8, 4) is 5.75 Å². The van der Waals surface area contributed by atoms with E-state index in [-0.39, 0.29) is 0 Å². The molecule has 1 heterocycles. The summed E-state index contributed by atoms with van der Waals surface area (Å²) in [5, 5.41) is 26.6. The second-order valence-corrected chi connectivity index (χ2v) is 5.32. The Hall–Kier alpha value is -2.24. The number of benzene rings is 2. The van der Waals surface area contributed by atoms with Gasteiger partial charge in [0.2, 0.25) is 0 Å². The van der Waals surface area contributed by atoms with Crippen LogP contribution < -0.4 is 14.9 Å². The van der Waals surface area contributed by atoms with Crippen molar-refractivity contribution in [2.75, 3.05) is 17.2 Å². The molecule has 2 aromatic carbocycles. The molecular formula is C16H16N2O3-2. The van der Waals surface area contributed by atoms with Crippen LogP contribution in [0.25, 0.3) is 0 Å². The summed E-state index contributed by atoms with van der Waals surface area (Å²) in [6.07, 6.45) is 0.332. The molecule has 21 heavy (non-hydrogen) atoms. The smallest absolute Gasteiger partial charge is 0.118 e. The van der Waals surface area contributed by atoms with Crippen LogP contribution in [0.2, 0.25) is 0 Å². The quantitative estimate of drug-likeness (QED) is 0.865. The van der Waals surface area contributed by atoms with Gasteiger partial charge in [0.05, 0.1) is 24.1 Å². The minimum atomic E-state index is -1.17. The van der Waals surface area contributed by atoms with Gasteiger partial charge in [0, 0.05) is 6.42 Å². The molecule has 0 N–H and O–H groups in total. The van der Waals surface area contributed by atoms with Crippen molar-refractivity contribution in [3.63, 3.8) is 0 Å². The number of para-hydroxylation sites is 2. The molecule has 0 aromatic heterocycles. The molecule has 0 saturated heterocycles. The van der Waals surface area contributed by atoms with E-state index in [1.54, 1.807) is 38.3 Å². The zero-order chi connectivity index (χ0) is 15.0. The fourth-order valence-electron chi connectivity index (χ4n) is 2.68. The molecular weight excluding hydrogens is 268 g/mol. The maximum atomic E-state index is 12.5. The summed E-state index contributed by atoms with van der Waals surface area (Å²) >= 11 is 0. The van der Waals surface area contributed by atoms with Crippen LogP contribution in [0.5, 0.6) is 5.75 Å². The molecule has 0 saturated carbocycles. The first-order chi connectivity index (χ1) is 10.1. The third-order valence-electron chi connectivity index (χ3n) is 3.89. The minimum absolute atomic E-state index is 0.332. The summed E-state index contributed by atoms with van der Waals surface area (Å²) in [7, 11) is 1.60. The largest absolute Gasteiger partial charge is 0.757 e. The Kier molecular flexibility index (Phi) is 3.23.